The van der Waals surface area contributed by atoms with E-state index in [2.05, 4.69) is 29.1 Å². The van der Waals surface area contributed by atoms with Gasteiger partial charge in [0, 0.05) is 23.4 Å². The molecule has 1 saturated heterocycles. The number of nitrogens with zero attached hydrogens (tertiary/aromatic N) is 2. The van der Waals surface area contributed by atoms with E-state index < -0.39 is 6.10 Å². The van der Waals surface area contributed by atoms with Crippen molar-refractivity contribution in [3.8, 4) is 0 Å². The van der Waals surface area contributed by atoms with Crippen LogP contribution in [0.2, 0.25) is 5.28 Å². The maximum absolute atomic E-state index is 15.7. The first-order valence-corrected chi connectivity index (χ1v) is 12.7. The molecule has 0 spiro atoms. The summed E-state index contributed by atoms with van der Waals surface area (Å²) in [6.45, 7) is 5.14. The van der Waals surface area contributed by atoms with Crippen LogP contribution in [0.5, 0.6) is 0 Å². The highest BCUT2D eigenvalue weighted by molar-refractivity contribution is 6.28. The molecular weight excluding hydrogens is 477 g/mol. The molecule has 1 N–H and O–H groups in total. The Balaban J connectivity index is 1.45. The third kappa shape index (κ3) is 5.21. The number of hydrogen-bond donors (Lipinski definition) is 1. The zero-order chi connectivity index (χ0) is 25.1. The van der Waals surface area contributed by atoms with Crippen molar-refractivity contribution in [3.63, 3.8) is 0 Å². The third-order valence-electron chi connectivity index (χ3n) is 6.81. The van der Waals surface area contributed by atoms with E-state index >= 15 is 4.39 Å². The number of aromatic nitrogens is 2. The summed E-state index contributed by atoms with van der Waals surface area (Å²) < 4.78 is 28.3. The smallest absolute Gasteiger partial charge is 0.224 e. The van der Waals surface area contributed by atoms with Crippen LogP contribution in [0.3, 0.4) is 0 Å². The van der Waals surface area contributed by atoms with Crippen LogP contribution in [0.15, 0.2) is 72.8 Å². The SMILES string of the molecule is CC[C@H]1O[C@@H](c2cc3nc(Cl)nc(NCc4ccccc4)c3cc2F)[C@H](OCc2ccccc2)[C@@H]1C. The molecule has 4 atom stereocenters. The molecule has 3 aromatic carbocycles. The molecule has 1 aliphatic heterocycles. The van der Waals surface area contributed by atoms with Gasteiger partial charge in [-0.25, -0.2) is 14.4 Å². The largest absolute Gasteiger partial charge is 0.370 e. The molecule has 1 aliphatic rings. The fourth-order valence-electron chi connectivity index (χ4n) is 4.87. The van der Waals surface area contributed by atoms with Crippen molar-refractivity contribution >= 4 is 28.3 Å². The fraction of sp³-hybridized carbons (Fsp3) is 0.310. The molecule has 2 heterocycles. The van der Waals surface area contributed by atoms with E-state index in [0.717, 1.165) is 17.5 Å². The van der Waals surface area contributed by atoms with E-state index in [1.807, 2.05) is 60.7 Å². The first kappa shape index (κ1) is 24.6. The molecule has 0 saturated carbocycles. The average molecular weight is 506 g/mol. The highest BCUT2D eigenvalue weighted by Gasteiger charge is 2.43. The lowest BCUT2D eigenvalue weighted by Crippen LogP contribution is -2.25. The Kier molecular flexibility index (Phi) is 7.46. The summed E-state index contributed by atoms with van der Waals surface area (Å²) in [5.74, 6) is 0.220. The molecule has 0 amide bonds. The zero-order valence-corrected chi connectivity index (χ0v) is 21.1. The molecule has 5 nitrogen and oxygen atoms in total. The van der Waals surface area contributed by atoms with E-state index in [-0.39, 0.29) is 29.2 Å². The number of fused-ring (bicyclic) bond motifs is 1. The summed E-state index contributed by atoms with van der Waals surface area (Å²) in [5, 5.41) is 3.94. The standard InChI is InChI=1S/C29H29ClFN3O2/c1-3-25-18(2)26(35-17-20-12-8-5-9-13-20)27(36-25)21-15-24-22(14-23(21)31)28(34-29(30)33-24)32-16-19-10-6-4-7-11-19/h4-15,18,25-27H,3,16-17H2,1-2H3,(H,32,33,34)/t18-,25-,26-,27+/m1/s1. The summed E-state index contributed by atoms with van der Waals surface area (Å²) in [5.41, 5.74) is 3.12. The first-order valence-electron chi connectivity index (χ1n) is 12.3. The van der Waals surface area contributed by atoms with Crippen molar-refractivity contribution in [2.75, 3.05) is 5.32 Å². The Morgan fingerprint density at radius 3 is 2.39 bits per heavy atom. The quantitative estimate of drug-likeness (QED) is 0.259. The molecule has 0 aliphatic carbocycles. The molecular formula is C29H29ClFN3O2. The van der Waals surface area contributed by atoms with Gasteiger partial charge in [-0.1, -0.05) is 74.5 Å². The van der Waals surface area contributed by atoms with Gasteiger partial charge in [-0.05, 0) is 41.3 Å². The molecule has 0 bridgehead atoms. The zero-order valence-electron chi connectivity index (χ0n) is 20.3. The van der Waals surface area contributed by atoms with Crippen LogP contribution in [0.4, 0.5) is 10.2 Å². The van der Waals surface area contributed by atoms with Gasteiger partial charge < -0.3 is 14.8 Å². The lowest BCUT2D eigenvalue weighted by atomic mass is 9.93. The number of halogens is 2. The summed E-state index contributed by atoms with van der Waals surface area (Å²) in [4.78, 5) is 8.71. The Hall–Kier alpha value is -3.06. The number of ether oxygens (including phenoxy) is 2. The Bertz CT molecular complexity index is 1320. The van der Waals surface area contributed by atoms with Crippen molar-refractivity contribution < 1.29 is 13.9 Å². The number of hydrogen-bond acceptors (Lipinski definition) is 5. The molecule has 36 heavy (non-hydrogen) atoms. The highest BCUT2D eigenvalue weighted by Crippen LogP contribution is 2.42. The van der Waals surface area contributed by atoms with Crippen LogP contribution in [0.1, 0.15) is 43.1 Å². The maximum atomic E-state index is 15.7. The molecule has 5 rings (SSSR count). The molecule has 1 fully saturated rings. The second-order valence-corrected chi connectivity index (χ2v) is 9.53. The van der Waals surface area contributed by atoms with Gasteiger partial charge >= 0.3 is 0 Å². The lowest BCUT2D eigenvalue weighted by molar-refractivity contribution is -0.0350. The van der Waals surface area contributed by atoms with E-state index in [0.29, 0.717) is 35.4 Å². The molecule has 186 valence electrons. The van der Waals surface area contributed by atoms with E-state index in [4.69, 9.17) is 21.1 Å². The first-order chi connectivity index (χ1) is 17.5. The Morgan fingerprint density at radius 2 is 1.69 bits per heavy atom. The Morgan fingerprint density at radius 1 is 1.00 bits per heavy atom. The highest BCUT2D eigenvalue weighted by atomic mass is 35.5. The van der Waals surface area contributed by atoms with Crippen molar-refractivity contribution in [2.45, 2.75) is 51.7 Å². The second-order valence-electron chi connectivity index (χ2n) is 9.19. The predicted molar refractivity (Wildman–Crippen MR) is 140 cm³/mol. The normalized spacial score (nSPS) is 21.7. The number of anilines is 1. The average Bonchev–Trinajstić information content (AvgIpc) is 3.22. The summed E-state index contributed by atoms with van der Waals surface area (Å²) in [6.07, 6.45) is -0.0508. The van der Waals surface area contributed by atoms with Crippen molar-refractivity contribution in [1.82, 2.24) is 9.97 Å². The summed E-state index contributed by atoms with van der Waals surface area (Å²) in [7, 11) is 0. The van der Waals surface area contributed by atoms with Crippen LogP contribution in [-0.2, 0) is 22.6 Å². The number of rotatable bonds is 8. The van der Waals surface area contributed by atoms with Gasteiger partial charge in [0.2, 0.25) is 5.28 Å². The minimum Gasteiger partial charge on any atom is -0.370 e. The van der Waals surface area contributed by atoms with Gasteiger partial charge in [0.1, 0.15) is 17.7 Å². The van der Waals surface area contributed by atoms with Gasteiger partial charge in [0.05, 0.1) is 24.3 Å². The van der Waals surface area contributed by atoms with Crippen LogP contribution in [-0.4, -0.2) is 22.2 Å². The number of benzene rings is 3. The minimum atomic E-state index is -0.549. The monoisotopic (exact) mass is 505 g/mol. The van der Waals surface area contributed by atoms with Gasteiger partial charge in [0.25, 0.3) is 0 Å². The van der Waals surface area contributed by atoms with E-state index in [1.54, 1.807) is 6.07 Å². The van der Waals surface area contributed by atoms with Crippen LogP contribution >= 0.6 is 11.6 Å². The van der Waals surface area contributed by atoms with Crippen molar-refractivity contribution in [3.05, 3.63) is 101 Å². The molecule has 7 heteroatoms. The van der Waals surface area contributed by atoms with E-state index in [9.17, 15) is 0 Å². The minimum absolute atomic E-state index is 0.0250. The number of nitrogens with one attached hydrogen (secondary N) is 1. The van der Waals surface area contributed by atoms with Gasteiger partial charge in [-0.3, -0.25) is 0 Å². The molecule has 4 aromatic rings. The predicted octanol–water partition coefficient (Wildman–Crippen LogP) is 7.11. The maximum Gasteiger partial charge on any atom is 0.224 e. The lowest BCUT2D eigenvalue weighted by Gasteiger charge is -2.23. The Labute approximate surface area is 215 Å². The van der Waals surface area contributed by atoms with Crippen LogP contribution in [0, 0.1) is 11.7 Å². The van der Waals surface area contributed by atoms with Gasteiger partial charge in [-0.15, -0.1) is 0 Å². The summed E-state index contributed by atoms with van der Waals surface area (Å²) in [6, 6.07) is 23.1. The van der Waals surface area contributed by atoms with Gasteiger partial charge in [0.15, 0.2) is 0 Å². The summed E-state index contributed by atoms with van der Waals surface area (Å²) >= 11 is 6.26. The molecule has 0 radical (unpaired) electrons. The fourth-order valence-corrected chi connectivity index (χ4v) is 5.05. The van der Waals surface area contributed by atoms with Crippen LogP contribution < -0.4 is 5.32 Å². The second kappa shape index (κ2) is 10.9. The van der Waals surface area contributed by atoms with Gasteiger partial charge in [-0.2, -0.15) is 0 Å². The van der Waals surface area contributed by atoms with Crippen molar-refractivity contribution in [1.29, 1.82) is 0 Å². The molecule has 0 unspecified atom stereocenters. The third-order valence-corrected chi connectivity index (χ3v) is 6.98. The van der Waals surface area contributed by atoms with E-state index in [1.165, 1.54) is 6.07 Å². The van der Waals surface area contributed by atoms with Crippen molar-refractivity contribution in [2.24, 2.45) is 5.92 Å². The van der Waals surface area contributed by atoms with Crippen LogP contribution in [0.25, 0.3) is 10.9 Å². The molecule has 1 aromatic heterocycles. The topological polar surface area (TPSA) is 56.3 Å².